The van der Waals surface area contributed by atoms with E-state index in [4.69, 9.17) is 11.6 Å². The summed E-state index contributed by atoms with van der Waals surface area (Å²) in [6.07, 6.45) is 1.94. The van der Waals surface area contributed by atoms with E-state index in [1.807, 2.05) is 4.90 Å². The van der Waals surface area contributed by atoms with Crippen molar-refractivity contribution in [2.45, 2.75) is 26.7 Å². The van der Waals surface area contributed by atoms with E-state index >= 15 is 0 Å². The lowest BCUT2D eigenvalue weighted by Gasteiger charge is -2.37. The molecule has 1 saturated heterocycles. The topological polar surface area (TPSA) is 60.9 Å². The summed E-state index contributed by atoms with van der Waals surface area (Å²) in [5, 5.41) is 0.476. The first-order valence-electron chi connectivity index (χ1n) is 10.5. The normalized spacial score (nSPS) is 14.6. The summed E-state index contributed by atoms with van der Waals surface area (Å²) in [7, 11) is -3.46. The second-order valence-corrected chi connectivity index (χ2v) is 10.3. The van der Waals surface area contributed by atoms with Gasteiger partial charge in [0.15, 0.2) is 0 Å². The molecular weight excluding hydrogens is 434 g/mol. The van der Waals surface area contributed by atoms with E-state index in [9.17, 15) is 13.2 Å². The largest absolute Gasteiger partial charge is 0.368 e. The zero-order chi connectivity index (χ0) is 22.6. The Kier molecular flexibility index (Phi) is 7.49. The number of halogens is 1. The fourth-order valence-corrected chi connectivity index (χ4v) is 5.07. The zero-order valence-electron chi connectivity index (χ0n) is 18.3. The van der Waals surface area contributed by atoms with Gasteiger partial charge in [-0.05, 0) is 55.7 Å². The summed E-state index contributed by atoms with van der Waals surface area (Å²) in [6.45, 7) is 7.44. The molecule has 6 nitrogen and oxygen atoms in total. The fraction of sp³-hybridized carbons (Fsp3) is 0.435. The van der Waals surface area contributed by atoms with Gasteiger partial charge in [-0.25, -0.2) is 8.42 Å². The summed E-state index contributed by atoms with van der Waals surface area (Å²) in [4.78, 5) is 16.9. The van der Waals surface area contributed by atoms with Crippen molar-refractivity contribution in [1.29, 1.82) is 0 Å². The molecule has 0 radical (unpaired) electrons. The van der Waals surface area contributed by atoms with Crippen LogP contribution < -0.4 is 9.21 Å². The van der Waals surface area contributed by atoms with Crippen molar-refractivity contribution in [3.8, 4) is 0 Å². The summed E-state index contributed by atoms with van der Waals surface area (Å²) in [5.41, 5.74) is 4.30. The van der Waals surface area contributed by atoms with Gasteiger partial charge in [-0.1, -0.05) is 29.8 Å². The SMILES string of the molecule is Cc1cccc(N2CCN(C(=O)CCCN(c3cccc(Cl)c3)S(C)(=O)=O)CC2)c1C. The Morgan fingerprint density at radius 1 is 1.06 bits per heavy atom. The molecule has 0 bridgehead atoms. The number of sulfonamides is 1. The molecule has 0 saturated carbocycles. The Morgan fingerprint density at radius 2 is 1.74 bits per heavy atom. The number of rotatable bonds is 7. The van der Waals surface area contributed by atoms with Gasteiger partial charge in [-0.15, -0.1) is 0 Å². The van der Waals surface area contributed by atoms with E-state index in [0.717, 1.165) is 13.1 Å². The Morgan fingerprint density at radius 3 is 2.39 bits per heavy atom. The van der Waals surface area contributed by atoms with Gasteiger partial charge in [-0.3, -0.25) is 9.10 Å². The predicted molar refractivity (Wildman–Crippen MR) is 128 cm³/mol. The lowest BCUT2D eigenvalue weighted by Crippen LogP contribution is -2.49. The molecule has 2 aromatic carbocycles. The first kappa shape index (κ1) is 23.4. The lowest BCUT2D eigenvalue weighted by atomic mass is 10.1. The number of nitrogens with zero attached hydrogens (tertiary/aromatic N) is 3. The maximum atomic E-state index is 12.7. The van der Waals surface area contributed by atoms with Gasteiger partial charge in [0, 0.05) is 49.9 Å². The number of carbonyl (C=O) groups is 1. The second kappa shape index (κ2) is 9.92. The Balaban J connectivity index is 1.53. The minimum absolute atomic E-state index is 0.0696. The third-order valence-corrected chi connectivity index (χ3v) is 7.23. The molecule has 168 valence electrons. The van der Waals surface area contributed by atoms with Crippen LogP contribution in [-0.4, -0.2) is 58.2 Å². The Labute approximate surface area is 190 Å². The van der Waals surface area contributed by atoms with Crippen LogP contribution in [0.5, 0.6) is 0 Å². The first-order chi connectivity index (χ1) is 14.7. The van der Waals surface area contributed by atoms with Crippen molar-refractivity contribution in [2.75, 3.05) is 48.2 Å². The van der Waals surface area contributed by atoms with Crippen LogP contribution in [-0.2, 0) is 14.8 Å². The van der Waals surface area contributed by atoms with Crippen molar-refractivity contribution in [3.63, 3.8) is 0 Å². The molecular formula is C23H30ClN3O3S. The number of piperazine rings is 1. The number of carbonyl (C=O) groups excluding carboxylic acids is 1. The van der Waals surface area contributed by atoms with E-state index in [1.165, 1.54) is 27.4 Å². The molecule has 1 heterocycles. The maximum absolute atomic E-state index is 12.7. The third kappa shape index (κ3) is 5.92. The standard InChI is InChI=1S/C23H30ClN3O3S/c1-18-7-4-10-22(19(18)2)25-13-15-26(16-14-25)23(28)11-6-12-27(31(3,29)30)21-9-5-8-20(24)17-21/h4-5,7-10,17H,6,11-16H2,1-3H3. The number of benzene rings is 2. The number of hydrogen-bond donors (Lipinski definition) is 0. The summed E-state index contributed by atoms with van der Waals surface area (Å²) in [6, 6.07) is 13.1. The van der Waals surface area contributed by atoms with Crippen LogP contribution in [0.2, 0.25) is 5.02 Å². The molecule has 1 aliphatic rings. The van der Waals surface area contributed by atoms with E-state index in [1.54, 1.807) is 24.3 Å². The highest BCUT2D eigenvalue weighted by Gasteiger charge is 2.23. The smallest absolute Gasteiger partial charge is 0.232 e. The minimum atomic E-state index is -3.46. The molecule has 0 unspecified atom stereocenters. The molecule has 3 rings (SSSR count). The zero-order valence-corrected chi connectivity index (χ0v) is 19.9. The van der Waals surface area contributed by atoms with E-state index in [-0.39, 0.29) is 12.5 Å². The Hall–Kier alpha value is -2.25. The summed E-state index contributed by atoms with van der Waals surface area (Å²) < 4.78 is 25.8. The number of anilines is 2. The number of hydrogen-bond acceptors (Lipinski definition) is 4. The Bertz CT molecular complexity index is 1030. The summed E-state index contributed by atoms with van der Waals surface area (Å²) >= 11 is 6.01. The van der Waals surface area contributed by atoms with Crippen molar-refractivity contribution >= 4 is 38.9 Å². The first-order valence-corrected chi connectivity index (χ1v) is 12.7. The highest BCUT2D eigenvalue weighted by molar-refractivity contribution is 7.92. The van der Waals surface area contributed by atoms with E-state index < -0.39 is 10.0 Å². The molecule has 0 atom stereocenters. The molecule has 0 aliphatic carbocycles. The van der Waals surface area contributed by atoms with Gasteiger partial charge in [0.25, 0.3) is 0 Å². The fourth-order valence-electron chi connectivity index (χ4n) is 3.92. The van der Waals surface area contributed by atoms with E-state index in [2.05, 4.69) is 36.9 Å². The lowest BCUT2D eigenvalue weighted by molar-refractivity contribution is -0.131. The van der Waals surface area contributed by atoms with Crippen molar-refractivity contribution in [2.24, 2.45) is 0 Å². The highest BCUT2D eigenvalue weighted by Crippen LogP contribution is 2.25. The van der Waals surface area contributed by atoms with Gasteiger partial charge in [0.2, 0.25) is 15.9 Å². The number of amides is 1. The molecule has 1 aliphatic heterocycles. The third-order valence-electron chi connectivity index (χ3n) is 5.80. The van der Waals surface area contributed by atoms with Crippen molar-refractivity contribution in [3.05, 3.63) is 58.6 Å². The van der Waals surface area contributed by atoms with Crippen LogP contribution in [0.3, 0.4) is 0 Å². The van der Waals surface area contributed by atoms with Crippen LogP contribution in [0.1, 0.15) is 24.0 Å². The number of aryl methyl sites for hydroxylation is 1. The van der Waals surface area contributed by atoms with Gasteiger partial charge in [0.1, 0.15) is 0 Å². The van der Waals surface area contributed by atoms with Gasteiger partial charge in [0.05, 0.1) is 11.9 Å². The highest BCUT2D eigenvalue weighted by atomic mass is 35.5. The van der Waals surface area contributed by atoms with Crippen molar-refractivity contribution in [1.82, 2.24) is 4.90 Å². The monoisotopic (exact) mass is 463 g/mol. The van der Waals surface area contributed by atoms with Gasteiger partial charge in [-0.2, -0.15) is 0 Å². The van der Waals surface area contributed by atoms with Gasteiger partial charge >= 0.3 is 0 Å². The molecule has 0 spiro atoms. The van der Waals surface area contributed by atoms with Crippen LogP contribution in [0.15, 0.2) is 42.5 Å². The second-order valence-electron chi connectivity index (χ2n) is 8.01. The molecule has 2 aromatic rings. The van der Waals surface area contributed by atoms with Crippen LogP contribution >= 0.6 is 11.6 Å². The van der Waals surface area contributed by atoms with Crippen LogP contribution in [0.25, 0.3) is 0 Å². The molecule has 1 amide bonds. The summed E-state index contributed by atoms with van der Waals surface area (Å²) in [5.74, 6) is 0.0696. The molecule has 8 heteroatoms. The van der Waals surface area contributed by atoms with Crippen molar-refractivity contribution < 1.29 is 13.2 Å². The molecule has 1 fully saturated rings. The predicted octanol–water partition coefficient (Wildman–Crippen LogP) is 3.85. The minimum Gasteiger partial charge on any atom is -0.368 e. The average Bonchev–Trinajstić information content (AvgIpc) is 2.72. The van der Waals surface area contributed by atoms with E-state index in [0.29, 0.717) is 36.6 Å². The molecule has 0 N–H and O–H groups in total. The average molecular weight is 464 g/mol. The van der Waals surface area contributed by atoms with Crippen LogP contribution in [0, 0.1) is 13.8 Å². The molecule has 0 aromatic heterocycles. The maximum Gasteiger partial charge on any atom is 0.232 e. The quantitative estimate of drug-likeness (QED) is 0.625. The van der Waals surface area contributed by atoms with Crippen LogP contribution in [0.4, 0.5) is 11.4 Å². The van der Waals surface area contributed by atoms with Gasteiger partial charge < -0.3 is 9.80 Å². The molecule has 31 heavy (non-hydrogen) atoms.